The van der Waals surface area contributed by atoms with E-state index in [9.17, 15) is 0 Å². The molecule has 20 heavy (non-hydrogen) atoms. The van der Waals surface area contributed by atoms with Crippen molar-refractivity contribution in [3.8, 4) is 5.75 Å². The number of rotatable bonds is 5. The molecule has 4 heteroatoms. The van der Waals surface area contributed by atoms with Gasteiger partial charge < -0.3 is 15.4 Å². The molecule has 0 amide bonds. The van der Waals surface area contributed by atoms with Gasteiger partial charge in [-0.2, -0.15) is 0 Å². The van der Waals surface area contributed by atoms with Crippen molar-refractivity contribution in [1.82, 2.24) is 4.90 Å². The molecule has 112 valence electrons. The Kier molecular flexibility index (Phi) is 5.70. The summed E-state index contributed by atoms with van der Waals surface area (Å²) in [6.07, 6.45) is 3.81. The highest BCUT2D eigenvalue weighted by molar-refractivity contribution is 6.32. The summed E-state index contributed by atoms with van der Waals surface area (Å²) in [6, 6.07) is 6.59. The van der Waals surface area contributed by atoms with E-state index in [1.807, 2.05) is 12.1 Å². The minimum absolute atomic E-state index is 0.346. The minimum atomic E-state index is 0.346. The third-order valence-electron chi connectivity index (χ3n) is 4.39. The predicted octanol–water partition coefficient (Wildman–Crippen LogP) is 3.27. The van der Waals surface area contributed by atoms with Crippen molar-refractivity contribution >= 4 is 11.6 Å². The summed E-state index contributed by atoms with van der Waals surface area (Å²) in [5, 5.41) is 0.669. The zero-order valence-corrected chi connectivity index (χ0v) is 13.2. The molecule has 1 aliphatic rings. The van der Waals surface area contributed by atoms with E-state index in [-0.39, 0.29) is 0 Å². The molecular formula is C16H25ClN2O. The standard InChI is InChI=1S/C16H25ClN2O/c1-3-19-9-5-4-6-15(19)13(11-18)12-7-8-16(20-2)14(17)10-12/h7-8,10,13,15H,3-6,9,11,18H2,1-2H3. The highest BCUT2D eigenvalue weighted by Gasteiger charge is 2.29. The molecule has 1 saturated heterocycles. The molecule has 1 fully saturated rings. The topological polar surface area (TPSA) is 38.5 Å². The summed E-state index contributed by atoms with van der Waals surface area (Å²) in [6.45, 7) is 5.16. The van der Waals surface area contributed by atoms with Crippen LogP contribution in [0.25, 0.3) is 0 Å². The van der Waals surface area contributed by atoms with Gasteiger partial charge in [-0.1, -0.05) is 31.0 Å². The average molecular weight is 297 g/mol. The van der Waals surface area contributed by atoms with Crippen molar-refractivity contribution < 1.29 is 4.74 Å². The molecule has 2 atom stereocenters. The van der Waals surface area contributed by atoms with Crippen molar-refractivity contribution in [2.75, 3.05) is 26.7 Å². The van der Waals surface area contributed by atoms with Crippen LogP contribution in [0.1, 0.15) is 37.7 Å². The van der Waals surface area contributed by atoms with Crippen molar-refractivity contribution in [2.24, 2.45) is 5.73 Å². The molecule has 3 nitrogen and oxygen atoms in total. The van der Waals surface area contributed by atoms with Crippen LogP contribution in [0.5, 0.6) is 5.75 Å². The first-order valence-electron chi connectivity index (χ1n) is 7.48. The van der Waals surface area contributed by atoms with Crippen LogP contribution in [0.4, 0.5) is 0 Å². The molecule has 1 aromatic carbocycles. The van der Waals surface area contributed by atoms with E-state index in [0.717, 1.165) is 12.3 Å². The third kappa shape index (κ3) is 3.27. The van der Waals surface area contributed by atoms with E-state index in [2.05, 4.69) is 17.9 Å². The zero-order chi connectivity index (χ0) is 14.5. The van der Waals surface area contributed by atoms with Crippen molar-refractivity contribution in [2.45, 2.75) is 38.1 Å². The second kappa shape index (κ2) is 7.30. The molecule has 2 N–H and O–H groups in total. The van der Waals surface area contributed by atoms with Gasteiger partial charge in [0.05, 0.1) is 12.1 Å². The lowest BCUT2D eigenvalue weighted by Gasteiger charge is -2.40. The number of methoxy groups -OCH3 is 1. The number of hydrogen-bond donors (Lipinski definition) is 1. The largest absolute Gasteiger partial charge is 0.495 e. The second-order valence-corrected chi connectivity index (χ2v) is 5.84. The Bertz CT molecular complexity index is 438. The second-order valence-electron chi connectivity index (χ2n) is 5.43. The van der Waals surface area contributed by atoms with E-state index in [1.165, 1.54) is 31.4 Å². The molecule has 0 bridgehead atoms. The van der Waals surface area contributed by atoms with Crippen LogP contribution < -0.4 is 10.5 Å². The summed E-state index contributed by atoms with van der Waals surface area (Å²) in [5.41, 5.74) is 7.30. The fraction of sp³-hybridized carbons (Fsp3) is 0.625. The number of likely N-dealkylation sites (N-methyl/N-ethyl adjacent to an activating group) is 1. The number of nitrogens with two attached hydrogens (primary N) is 1. The predicted molar refractivity (Wildman–Crippen MR) is 84.7 cm³/mol. The maximum Gasteiger partial charge on any atom is 0.137 e. The Balaban J connectivity index is 2.24. The molecule has 0 saturated carbocycles. The van der Waals surface area contributed by atoms with Gasteiger partial charge in [-0.05, 0) is 43.6 Å². The lowest BCUT2D eigenvalue weighted by atomic mass is 9.85. The molecule has 2 unspecified atom stereocenters. The number of likely N-dealkylation sites (tertiary alicyclic amines) is 1. The average Bonchev–Trinajstić information content (AvgIpc) is 2.49. The van der Waals surface area contributed by atoms with Crippen molar-refractivity contribution in [3.05, 3.63) is 28.8 Å². The lowest BCUT2D eigenvalue weighted by Crippen LogP contribution is -2.45. The van der Waals surface area contributed by atoms with E-state index in [4.69, 9.17) is 22.1 Å². The van der Waals surface area contributed by atoms with Gasteiger partial charge in [0.1, 0.15) is 5.75 Å². The van der Waals surface area contributed by atoms with Gasteiger partial charge in [-0.15, -0.1) is 0 Å². The normalized spacial score (nSPS) is 21.7. The van der Waals surface area contributed by atoms with Crippen LogP contribution in [0.2, 0.25) is 5.02 Å². The molecule has 1 aromatic rings. The van der Waals surface area contributed by atoms with Crippen LogP contribution >= 0.6 is 11.6 Å². The molecule has 1 aliphatic heterocycles. The summed E-state index contributed by atoms with van der Waals surface area (Å²) in [7, 11) is 1.64. The van der Waals surface area contributed by atoms with Gasteiger partial charge >= 0.3 is 0 Å². The number of ether oxygens (including phenoxy) is 1. The number of nitrogens with zero attached hydrogens (tertiary/aromatic N) is 1. The Hall–Kier alpha value is -0.770. The fourth-order valence-electron chi connectivity index (χ4n) is 3.29. The Morgan fingerprint density at radius 2 is 2.25 bits per heavy atom. The van der Waals surface area contributed by atoms with Crippen LogP contribution in [-0.2, 0) is 0 Å². The molecule has 0 aliphatic carbocycles. The van der Waals surface area contributed by atoms with Crippen LogP contribution in [0.15, 0.2) is 18.2 Å². The molecule has 2 rings (SSSR count). The van der Waals surface area contributed by atoms with E-state index in [0.29, 0.717) is 23.5 Å². The van der Waals surface area contributed by atoms with Gasteiger partial charge in [-0.3, -0.25) is 0 Å². The number of hydrogen-bond acceptors (Lipinski definition) is 3. The Labute approximate surface area is 127 Å². The molecule has 1 heterocycles. The van der Waals surface area contributed by atoms with Gasteiger partial charge in [0.15, 0.2) is 0 Å². The SMILES string of the molecule is CCN1CCCCC1C(CN)c1ccc(OC)c(Cl)c1. The first kappa shape index (κ1) is 15.6. The van der Waals surface area contributed by atoms with Gasteiger partial charge in [0.2, 0.25) is 0 Å². The fourth-order valence-corrected chi connectivity index (χ4v) is 3.56. The summed E-state index contributed by atoms with van der Waals surface area (Å²) in [4.78, 5) is 2.55. The summed E-state index contributed by atoms with van der Waals surface area (Å²) >= 11 is 6.26. The quantitative estimate of drug-likeness (QED) is 0.906. The third-order valence-corrected chi connectivity index (χ3v) is 4.69. The monoisotopic (exact) mass is 296 g/mol. The van der Waals surface area contributed by atoms with E-state index >= 15 is 0 Å². The molecule has 0 aromatic heterocycles. The summed E-state index contributed by atoms with van der Waals surface area (Å²) < 4.78 is 5.23. The van der Waals surface area contributed by atoms with E-state index in [1.54, 1.807) is 7.11 Å². The van der Waals surface area contributed by atoms with Crippen LogP contribution in [0.3, 0.4) is 0 Å². The van der Waals surface area contributed by atoms with Gasteiger partial charge in [0, 0.05) is 18.5 Å². The highest BCUT2D eigenvalue weighted by Crippen LogP contribution is 2.33. The zero-order valence-electron chi connectivity index (χ0n) is 12.4. The van der Waals surface area contributed by atoms with Crippen molar-refractivity contribution in [1.29, 1.82) is 0 Å². The lowest BCUT2D eigenvalue weighted by molar-refractivity contribution is 0.134. The summed E-state index contributed by atoms with van der Waals surface area (Å²) in [5.74, 6) is 1.07. The Morgan fingerprint density at radius 3 is 2.85 bits per heavy atom. The van der Waals surface area contributed by atoms with Crippen molar-refractivity contribution in [3.63, 3.8) is 0 Å². The Morgan fingerprint density at radius 1 is 1.45 bits per heavy atom. The van der Waals surface area contributed by atoms with Crippen LogP contribution in [-0.4, -0.2) is 37.7 Å². The molecule has 0 spiro atoms. The smallest absolute Gasteiger partial charge is 0.137 e. The number of benzene rings is 1. The minimum Gasteiger partial charge on any atom is -0.495 e. The van der Waals surface area contributed by atoms with Gasteiger partial charge in [-0.25, -0.2) is 0 Å². The first-order chi connectivity index (χ1) is 9.71. The van der Waals surface area contributed by atoms with Crippen LogP contribution in [0, 0.1) is 0 Å². The maximum absolute atomic E-state index is 6.26. The molecule has 0 radical (unpaired) electrons. The molecular weight excluding hydrogens is 272 g/mol. The highest BCUT2D eigenvalue weighted by atomic mass is 35.5. The maximum atomic E-state index is 6.26. The van der Waals surface area contributed by atoms with E-state index < -0.39 is 0 Å². The first-order valence-corrected chi connectivity index (χ1v) is 7.86. The van der Waals surface area contributed by atoms with Gasteiger partial charge in [0.25, 0.3) is 0 Å². The number of piperidine rings is 1. The number of halogens is 1.